The summed E-state index contributed by atoms with van der Waals surface area (Å²) >= 11 is 1.57. The summed E-state index contributed by atoms with van der Waals surface area (Å²) < 4.78 is 13.6. The Morgan fingerprint density at radius 3 is 2.88 bits per heavy atom. The minimum Gasteiger partial charge on any atom is -0.349 e. The van der Waals surface area contributed by atoms with Crippen molar-refractivity contribution >= 4 is 34.1 Å². The lowest BCUT2D eigenvalue weighted by atomic mass is 10.2. The molecule has 1 saturated heterocycles. The van der Waals surface area contributed by atoms with Gasteiger partial charge in [0.2, 0.25) is 11.9 Å². The van der Waals surface area contributed by atoms with Crippen LogP contribution in [0.3, 0.4) is 0 Å². The van der Waals surface area contributed by atoms with Crippen molar-refractivity contribution in [2.45, 2.75) is 32.4 Å². The van der Waals surface area contributed by atoms with E-state index >= 15 is 0 Å². The van der Waals surface area contributed by atoms with Gasteiger partial charge in [0, 0.05) is 22.9 Å². The quantitative estimate of drug-likeness (QED) is 0.488. The van der Waals surface area contributed by atoms with Crippen molar-refractivity contribution in [3.8, 4) is 10.6 Å². The van der Waals surface area contributed by atoms with Gasteiger partial charge in [-0.15, -0.1) is 11.3 Å². The highest BCUT2D eigenvalue weighted by molar-refractivity contribution is 7.13. The number of hydrogen-bond acceptors (Lipinski definition) is 6. The number of aryl methyl sites for hydroxylation is 1. The van der Waals surface area contributed by atoms with Crippen LogP contribution in [-0.4, -0.2) is 33.4 Å². The van der Waals surface area contributed by atoms with Crippen molar-refractivity contribution in [3.05, 3.63) is 71.1 Å². The normalized spacial score (nSPS) is 15.9. The number of carbonyl (C=O) groups excluding carboxylic acids is 1. The fourth-order valence-corrected chi connectivity index (χ4v) is 4.87. The van der Waals surface area contributed by atoms with Crippen molar-refractivity contribution in [2.75, 3.05) is 11.4 Å². The number of anilines is 1. The Morgan fingerprint density at radius 1 is 1.19 bits per heavy atom. The summed E-state index contributed by atoms with van der Waals surface area (Å²) in [4.78, 5) is 28.8. The Morgan fingerprint density at radius 2 is 2.03 bits per heavy atom. The lowest BCUT2D eigenvalue weighted by Gasteiger charge is -2.24. The van der Waals surface area contributed by atoms with Crippen molar-refractivity contribution in [2.24, 2.45) is 0 Å². The molecule has 0 saturated carbocycles. The summed E-state index contributed by atoms with van der Waals surface area (Å²) in [5, 5.41) is 6.62. The van der Waals surface area contributed by atoms with Crippen LogP contribution in [0.5, 0.6) is 0 Å². The fraction of sp³-hybridized carbons (Fsp3) is 0.250. The van der Waals surface area contributed by atoms with E-state index in [1.165, 1.54) is 12.1 Å². The van der Waals surface area contributed by atoms with Crippen molar-refractivity contribution in [1.82, 2.24) is 20.3 Å². The third kappa shape index (κ3) is 4.05. The maximum absolute atomic E-state index is 13.6. The number of carbonyl (C=O) groups is 1. The van der Waals surface area contributed by atoms with E-state index in [-0.39, 0.29) is 17.8 Å². The first-order chi connectivity index (χ1) is 15.6. The van der Waals surface area contributed by atoms with Crippen LogP contribution in [0.25, 0.3) is 21.5 Å². The van der Waals surface area contributed by atoms with Gasteiger partial charge >= 0.3 is 0 Å². The number of halogens is 1. The maximum atomic E-state index is 13.6. The second kappa shape index (κ2) is 8.63. The topological polar surface area (TPSA) is 71.0 Å². The molecular weight excluding hydrogens is 425 g/mol. The molecule has 0 aliphatic carbocycles. The van der Waals surface area contributed by atoms with Crippen LogP contribution in [0.4, 0.5) is 10.3 Å². The van der Waals surface area contributed by atoms with Gasteiger partial charge in [-0.05, 0) is 38.0 Å². The zero-order valence-electron chi connectivity index (χ0n) is 17.6. The van der Waals surface area contributed by atoms with Gasteiger partial charge < -0.3 is 10.2 Å². The number of hydrogen-bond donors (Lipinski definition) is 1. The molecule has 162 valence electrons. The third-order valence-electron chi connectivity index (χ3n) is 5.67. The van der Waals surface area contributed by atoms with E-state index in [2.05, 4.69) is 20.3 Å². The number of nitrogens with one attached hydrogen (secondary N) is 1. The van der Waals surface area contributed by atoms with Crippen molar-refractivity contribution < 1.29 is 9.18 Å². The zero-order valence-corrected chi connectivity index (χ0v) is 18.4. The lowest BCUT2D eigenvalue weighted by Crippen LogP contribution is -2.43. The molecule has 5 rings (SSSR count). The molecule has 0 radical (unpaired) electrons. The molecule has 3 heterocycles. The highest BCUT2D eigenvalue weighted by atomic mass is 32.1. The van der Waals surface area contributed by atoms with E-state index in [0.717, 1.165) is 29.1 Å². The Balaban J connectivity index is 1.30. The number of thiazole rings is 1. The molecule has 2 aromatic carbocycles. The molecule has 4 aromatic rings. The zero-order chi connectivity index (χ0) is 22.1. The summed E-state index contributed by atoms with van der Waals surface area (Å²) in [5.41, 5.74) is 3.29. The molecule has 1 fully saturated rings. The smallest absolute Gasteiger partial charge is 0.243 e. The van der Waals surface area contributed by atoms with Gasteiger partial charge in [-0.1, -0.05) is 30.3 Å². The Hall–Kier alpha value is -3.39. The molecule has 1 unspecified atom stereocenters. The Bertz CT molecular complexity index is 1280. The van der Waals surface area contributed by atoms with E-state index in [1.54, 1.807) is 17.4 Å². The number of nitrogens with zero attached hydrogens (tertiary/aromatic N) is 4. The highest BCUT2D eigenvalue weighted by Gasteiger charge is 2.32. The van der Waals surface area contributed by atoms with Gasteiger partial charge in [-0.3, -0.25) is 4.79 Å². The second-order valence-corrected chi connectivity index (χ2v) is 8.71. The van der Waals surface area contributed by atoms with Gasteiger partial charge in [0.05, 0.1) is 23.4 Å². The number of fused-ring (bicyclic) bond motifs is 1. The van der Waals surface area contributed by atoms with Crippen LogP contribution in [0.2, 0.25) is 0 Å². The molecule has 0 bridgehead atoms. The first kappa shape index (κ1) is 20.5. The van der Waals surface area contributed by atoms with E-state index in [1.807, 2.05) is 47.5 Å². The van der Waals surface area contributed by atoms with E-state index in [4.69, 9.17) is 0 Å². The molecule has 1 aliphatic heterocycles. The number of amides is 1. The molecular formula is C24H22FN5OS. The largest absolute Gasteiger partial charge is 0.349 e. The van der Waals surface area contributed by atoms with E-state index < -0.39 is 0 Å². The summed E-state index contributed by atoms with van der Waals surface area (Å²) in [7, 11) is 0. The predicted molar refractivity (Wildman–Crippen MR) is 124 cm³/mol. The monoisotopic (exact) mass is 447 g/mol. The van der Waals surface area contributed by atoms with Gasteiger partial charge in [0.25, 0.3) is 0 Å². The summed E-state index contributed by atoms with van der Waals surface area (Å²) in [5.74, 6) is 0.143. The molecule has 1 amide bonds. The number of rotatable bonds is 5. The van der Waals surface area contributed by atoms with Crippen molar-refractivity contribution in [1.29, 1.82) is 0 Å². The van der Waals surface area contributed by atoms with Crippen LogP contribution in [0, 0.1) is 12.7 Å². The maximum Gasteiger partial charge on any atom is 0.243 e. The average molecular weight is 448 g/mol. The fourth-order valence-electron chi connectivity index (χ4n) is 4.04. The standard InChI is InChI=1S/C24H22FN5OS/c1-15-19-12-17(25)9-10-20(19)29-24(27-15)30-11-5-8-21(30)22(31)26-13-18-14-32-23(28-18)16-6-3-2-4-7-16/h2-4,6-7,9-10,12,14,21H,5,8,11,13H2,1H3,(H,26,31). The molecule has 6 nitrogen and oxygen atoms in total. The number of benzene rings is 2. The SMILES string of the molecule is Cc1nc(N2CCCC2C(=O)NCc2csc(-c3ccccc3)n2)nc2ccc(F)cc12. The predicted octanol–water partition coefficient (Wildman–Crippen LogP) is 4.49. The molecule has 8 heteroatoms. The summed E-state index contributed by atoms with van der Waals surface area (Å²) in [6.07, 6.45) is 1.62. The molecule has 1 N–H and O–H groups in total. The van der Waals surface area contributed by atoms with E-state index in [0.29, 0.717) is 35.6 Å². The van der Waals surface area contributed by atoms with Gasteiger partial charge in [0.1, 0.15) is 16.9 Å². The van der Waals surface area contributed by atoms with Crippen molar-refractivity contribution in [3.63, 3.8) is 0 Å². The van der Waals surface area contributed by atoms with Crippen LogP contribution in [0.15, 0.2) is 53.9 Å². The lowest BCUT2D eigenvalue weighted by molar-refractivity contribution is -0.122. The Labute approximate surface area is 189 Å². The molecule has 0 spiro atoms. The van der Waals surface area contributed by atoms with Gasteiger partial charge in [0.15, 0.2) is 0 Å². The minimum atomic E-state index is -0.334. The second-order valence-electron chi connectivity index (χ2n) is 7.85. The highest BCUT2D eigenvalue weighted by Crippen LogP contribution is 2.27. The third-order valence-corrected chi connectivity index (χ3v) is 6.61. The molecule has 1 aliphatic rings. The number of aromatic nitrogens is 3. The van der Waals surface area contributed by atoms with Crippen LogP contribution < -0.4 is 10.2 Å². The van der Waals surface area contributed by atoms with Crippen LogP contribution in [-0.2, 0) is 11.3 Å². The molecule has 2 aromatic heterocycles. The first-order valence-electron chi connectivity index (χ1n) is 10.6. The van der Waals surface area contributed by atoms with E-state index in [9.17, 15) is 9.18 Å². The van der Waals surface area contributed by atoms with Gasteiger partial charge in [-0.2, -0.15) is 0 Å². The van der Waals surface area contributed by atoms with Crippen LogP contribution in [0.1, 0.15) is 24.2 Å². The molecule has 1 atom stereocenters. The summed E-state index contributed by atoms with van der Waals surface area (Å²) in [6, 6.07) is 14.2. The summed E-state index contributed by atoms with van der Waals surface area (Å²) in [6.45, 7) is 2.92. The van der Waals surface area contributed by atoms with Crippen LogP contribution >= 0.6 is 11.3 Å². The minimum absolute atomic E-state index is 0.0581. The van der Waals surface area contributed by atoms with Gasteiger partial charge in [-0.25, -0.2) is 19.3 Å². The average Bonchev–Trinajstić information content (AvgIpc) is 3.48. The Kier molecular flexibility index (Phi) is 5.53. The molecule has 32 heavy (non-hydrogen) atoms. The first-order valence-corrected chi connectivity index (χ1v) is 11.4.